The van der Waals surface area contributed by atoms with Crippen molar-refractivity contribution >= 4 is 5.91 Å². The maximum absolute atomic E-state index is 13.2. The second kappa shape index (κ2) is 8.40. The molecule has 1 fully saturated rings. The van der Waals surface area contributed by atoms with Crippen molar-refractivity contribution in [3.8, 4) is 11.4 Å². The van der Waals surface area contributed by atoms with Crippen LogP contribution in [-0.2, 0) is 4.79 Å². The fourth-order valence-corrected chi connectivity index (χ4v) is 3.59. The monoisotopic (exact) mass is 392 g/mol. The van der Waals surface area contributed by atoms with Crippen molar-refractivity contribution < 1.29 is 9.53 Å². The number of hydrogen-bond donors (Lipinski definition) is 0. The third kappa shape index (κ3) is 4.27. The van der Waals surface area contributed by atoms with E-state index in [0.29, 0.717) is 12.3 Å². The van der Waals surface area contributed by atoms with Gasteiger partial charge in [-0.25, -0.2) is 4.68 Å². The summed E-state index contributed by atoms with van der Waals surface area (Å²) in [6, 6.07) is 17.5. The number of benzene rings is 2. The second-order valence-electron chi connectivity index (χ2n) is 7.23. The quantitative estimate of drug-likeness (QED) is 0.661. The molecule has 4 rings (SSSR count). The first kappa shape index (κ1) is 19.1. The molecule has 0 bridgehead atoms. The SMILES string of the molecule is C[C@H](Oc1ccc(-n2cnnn2)cc1)C(=O)N1CCN(C)C[C@@H]1c1ccccc1. The first-order chi connectivity index (χ1) is 14.1. The molecule has 0 N–H and O–H groups in total. The van der Waals surface area contributed by atoms with E-state index in [4.69, 9.17) is 4.74 Å². The zero-order valence-electron chi connectivity index (χ0n) is 16.5. The number of rotatable bonds is 5. The van der Waals surface area contributed by atoms with Crippen LogP contribution in [0.3, 0.4) is 0 Å². The average molecular weight is 392 g/mol. The van der Waals surface area contributed by atoms with Gasteiger partial charge in [0.2, 0.25) is 0 Å². The van der Waals surface area contributed by atoms with Crippen LogP contribution in [0.2, 0.25) is 0 Å². The van der Waals surface area contributed by atoms with E-state index >= 15 is 0 Å². The van der Waals surface area contributed by atoms with Crippen LogP contribution in [0.1, 0.15) is 18.5 Å². The molecule has 0 aliphatic carbocycles. The lowest BCUT2D eigenvalue weighted by atomic mass is 10.0. The molecule has 150 valence electrons. The third-order valence-electron chi connectivity index (χ3n) is 5.16. The molecule has 2 aromatic carbocycles. The van der Waals surface area contributed by atoms with Gasteiger partial charge in [0.1, 0.15) is 12.1 Å². The van der Waals surface area contributed by atoms with Crippen molar-refractivity contribution in [2.75, 3.05) is 26.7 Å². The Bertz CT molecular complexity index is 930. The third-order valence-corrected chi connectivity index (χ3v) is 5.16. The summed E-state index contributed by atoms with van der Waals surface area (Å²) in [5.41, 5.74) is 1.97. The Labute approximate surface area is 169 Å². The lowest BCUT2D eigenvalue weighted by molar-refractivity contribution is -0.143. The van der Waals surface area contributed by atoms with Gasteiger partial charge < -0.3 is 14.5 Å². The van der Waals surface area contributed by atoms with E-state index in [-0.39, 0.29) is 11.9 Å². The molecule has 8 heteroatoms. The smallest absolute Gasteiger partial charge is 0.263 e. The molecular weight excluding hydrogens is 368 g/mol. The fraction of sp³-hybridized carbons (Fsp3) is 0.333. The van der Waals surface area contributed by atoms with Crippen LogP contribution >= 0.6 is 0 Å². The fourth-order valence-electron chi connectivity index (χ4n) is 3.59. The van der Waals surface area contributed by atoms with Crippen molar-refractivity contribution in [1.29, 1.82) is 0 Å². The van der Waals surface area contributed by atoms with Gasteiger partial charge in [-0.1, -0.05) is 30.3 Å². The lowest BCUT2D eigenvalue weighted by Crippen LogP contribution is -2.52. The molecule has 8 nitrogen and oxygen atoms in total. The van der Waals surface area contributed by atoms with Crippen LogP contribution in [0.25, 0.3) is 5.69 Å². The summed E-state index contributed by atoms with van der Waals surface area (Å²) >= 11 is 0. The minimum atomic E-state index is -0.580. The van der Waals surface area contributed by atoms with Gasteiger partial charge in [0, 0.05) is 19.6 Å². The Hall–Kier alpha value is -3.26. The standard InChI is InChI=1S/C21H24N6O2/c1-16(29-19-10-8-18(9-11-19)27-15-22-23-24-27)21(28)26-13-12-25(2)14-20(26)17-6-4-3-5-7-17/h3-11,15-16,20H,12-14H2,1-2H3/t16-,20+/m0/s1. The van der Waals surface area contributed by atoms with Crippen molar-refractivity contribution in [1.82, 2.24) is 30.0 Å². The van der Waals surface area contributed by atoms with Gasteiger partial charge in [0.05, 0.1) is 11.7 Å². The van der Waals surface area contributed by atoms with E-state index in [1.54, 1.807) is 11.6 Å². The Morgan fingerprint density at radius 3 is 2.55 bits per heavy atom. The molecule has 0 spiro atoms. The molecule has 1 saturated heterocycles. The molecule has 2 atom stereocenters. The van der Waals surface area contributed by atoms with E-state index in [0.717, 1.165) is 24.3 Å². The van der Waals surface area contributed by atoms with Crippen LogP contribution in [-0.4, -0.2) is 68.7 Å². The number of aromatic nitrogens is 4. The Kier molecular flexibility index (Phi) is 5.53. The summed E-state index contributed by atoms with van der Waals surface area (Å²) in [5, 5.41) is 11.1. The van der Waals surface area contributed by atoms with Crippen LogP contribution < -0.4 is 4.74 Å². The van der Waals surface area contributed by atoms with Gasteiger partial charge >= 0.3 is 0 Å². The maximum Gasteiger partial charge on any atom is 0.263 e. The zero-order valence-corrected chi connectivity index (χ0v) is 16.5. The highest BCUT2D eigenvalue weighted by Crippen LogP contribution is 2.26. The minimum Gasteiger partial charge on any atom is -0.481 e. The number of carbonyl (C=O) groups excluding carboxylic acids is 1. The Morgan fingerprint density at radius 2 is 1.86 bits per heavy atom. The van der Waals surface area contributed by atoms with Crippen LogP contribution in [0, 0.1) is 0 Å². The topological polar surface area (TPSA) is 76.4 Å². The van der Waals surface area contributed by atoms with Crippen molar-refractivity contribution in [2.45, 2.75) is 19.1 Å². The molecule has 3 aromatic rings. The van der Waals surface area contributed by atoms with Crippen LogP contribution in [0.15, 0.2) is 60.9 Å². The predicted octanol–water partition coefficient (Wildman–Crippen LogP) is 1.94. The normalized spacial score (nSPS) is 18.4. The zero-order chi connectivity index (χ0) is 20.2. The van der Waals surface area contributed by atoms with Gasteiger partial charge in [0.15, 0.2) is 6.10 Å². The average Bonchev–Trinajstić information content (AvgIpc) is 3.29. The number of amides is 1. The summed E-state index contributed by atoms with van der Waals surface area (Å²) in [5.74, 6) is 0.629. The van der Waals surface area contributed by atoms with E-state index in [9.17, 15) is 4.79 Å². The summed E-state index contributed by atoms with van der Waals surface area (Å²) < 4.78 is 7.51. The number of tetrazole rings is 1. The predicted molar refractivity (Wildman–Crippen MR) is 108 cm³/mol. The number of piperazine rings is 1. The van der Waals surface area contributed by atoms with Crippen molar-refractivity contribution in [3.63, 3.8) is 0 Å². The molecule has 1 aromatic heterocycles. The maximum atomic E-state index is 13.2. The molecule has 0 saturated carbocycles. The Morgan fingerprint density at radius 1 is 1.10 bits per heavy atom. The van der Waals surface area contributed by atoms with E-state index < -0.39 is 6.10 Å². The molecule has 2 heterocycles. The first-order valence-corrected chi connectivity index (χ1v) is 9.66. The highest BCUT2D eigenvalue weighted by atomic mass is 16.5. The van der Waals surface area contributed by atoms with E-state index in [2.05, 4.69) is 39.6 Å². The molecule has 1 aliphatic rings. The summed E-state index contributed by atoms with van der Waals surface area (Å²) in [7, 11) is 2.09. The van der Waals surface area contributed by atoms with Crippen molar-refractivity contribution in [2.24, 2.45) is 0 Å². The first-order valence-electron chi connectivity index (χ1n) is 9.66. The van der Waals surface area contributed by atoms with Gasteiger partial charge in [-0.05, 0) is 54.2 Å². The number of ether oxygens (including phenoxy) is 1. The summed E-state index contributed by atoms with van der Waals surface area (Å²) in [6.07, 6.45) is 0.947. The summed E-state index contributed by atoms with van der Waals surface area (Å²) in [4.78, 5) is 17.4. The number of carbonyl (C=O) groups is 1. The molecule has 1 aliphatic heterocycles. The van der Waals surface area contributed by atoms with E-state index in [1.807, 2.05) is 47.4 Å². The Balaban J connectivity index is 1.46. The molecule has 0 unspecified atom stereocenters. The van der Waals surface area contributed by atoms with Gasteiger partial charge in [-0.15, -0.1) is 5.10 Å². The van der Waals surface area contributed by atoms with Crippen LogP contribution in [0.5, 0.6) is 5.75 Å². The molecular formula is C21H24N6O2. The number of hydrogen-bond acceptors (Lipinski definition) is 6. The van der Waals surface area contributed by atoms with E-state index in [1.165, 1.54) is 6.33 Å². The van der Waals surface area contributed by atoms with Gasteiger partial charge in [-0.3, -0.25) is 4.79 Å². The number of nitrogens with zero attached hydrogens (tertiary/aromatic N) is 6. The second-order valence-corrected chi connectivity index (χ2v) is 7.23. The molecule has 0 radical (unpaired) electrons. The highest BCUT2D eigenvalue weighted by Gasteiger charge is 2.33. The molecule has 29 heavy (non-hydrogen) atoms. The molecule has 1 amide bonds. The minimum absolute atomic E-state index is 0.00324. The van der Waals surface area contributed by atoms with Crippen molar-refractivity contribution in [3.05, 3.63) is 66.5 Å². The lowest BCUT2D eigenvalue weighted by Gasteiger charge is -2.41. The van der Waals surface area contributed by atoms with Crippen LogP contribution in [0.4, 0.5) is 0 Å². The largest absolute Gasteiger partial charge is 0.481 e. The van der Waals surface area contributed by atoms with Gasteiger partial charge in [-0.2, -0.15) is 0 Å². The highest BCUT2D eigenvalue weighted by molar-refractivity contribution is 5.81. The number of likely N-dealkylation sites (N-methyl/N-ethyl adjacent to an activating group) is 1. The van der Waals surface area contributed by atoms with Gasteiger partial charge in [0.25, 0.3) is 5.91 Å². The summed E-state index contributed by atoms with van der Waals surface area (Å²) in [6.45, 7) is 4.14.